The summed E-state index contributed by atoms with van der Waals surface area (Å²) >= 11 is 0. The highest BCUT2D eigenvalue weighted by Gasteiger charge is 2.21. The first-order valence-corrected chi connectivity index (χ1v) is 9.49. The molecule has 0 amide bonds. The maximum absolute atomic E-state index is 11.3. The van der Waals surface area contributed by atoms with Crippen molar-refractivity contribution in [3.8, 4) is 0 Å². The van der Waals surface area contributed by atoms with Crippen molar-refractivity contribution in [2.45, 2.75) is 65.0 Å². The fourth-order valence-corrected chi connectivity index (χ4v) is 3.71. The molecule has 20 heavy (non-hydrogen) atoms. The Balaban J connectivity index is 4.25. The molecule has 0 aromatic carbocycles. The molecular formula is C15H30O4Si. The lowest BCUT2D eigenvalue weighted by atomic mass is 10.3. The van der Waals surface area contributed by atoms with Gasteiger partial charge in [0, 0.05) is 25.3 Å². The topological polar surface area (TPSA) is 44.8 Å². The van der Waals surface area contributed by atoms with Crippen LogP contribution in [0.3, 0.4) is 0 Å². The van der Waals surface area contributed by atoms with Crippen molar-refractivity contribution in [1.29, 1.82) is 0 Å². The number of ether oxygens (including phenoxy) is 1. The minimum Gasteiger partial charge on any atom is -0.459 e. The van der Waals surface area contributed by atoms with Crippen molar-refractivity contribution in [2.75, 3.05) is 13.2 Å². The van der Waals surface area contributed by atoms with Gasteiger partial charge in [0.1, 0.15) is 6.10 Å². The molecule has 118 valence electrons. The van der Waals surface area contributed by atoms with Gasteiger partial charge in [-0.05, 0) is 19.3 Å². The maximum Gasteiger partial charge on any atom is 0.330 e. The summed E-state index contributed by atoms with van der Waals surface area (Å²) in [6.45, 7) is 11.2. The van der Waals surface area contributed by atoms with Gasteiger partial charge in [-0.2, -0.15) is 0 Å². The third-order valence-electron chi connectivity index (χ3n) is 2.96. The van der Waals surface area contributed by atoms with Crippen LogP contribution in [0.5, 0.6) is 0 Å². The van der Waals surface area contributed by atoms with E-state index in [0.717, 1.165) is 45.3 Å². The van der Waals surface area contributed by atoms with E-state index in [1.165, 1.54) is 6.08 Å². The fraction of sp³-hybridized carbons (Fsp3) is 0.800. The van der Waals surface area contributed by atoms with Crippen molar-refractivity contribution in [1.82, 2.24) is 0 Å². The monoisotopic (exact) mass is 302 g/mol. The zero-order valence-corrected chi connectivity index (χ0v) is 14.4. The largest absolute Gasteiger partial charge is 0.459 e. The Labute approximate surface area is 125 Å². The number of unbranched alkanes of at least 4 members (excludes halogenated alkanes) is 2. The molecule has 0 saturated heterocycles. The Morgan fingerprint density at radius 1 is 1.15 bits per heavy atom. The van der Waals surface area contributed by atoms with Crippen LogP contribution in [-0.4, -0.2) is 34.6 Å². The average molecular weight is 302 g/mol. The third kappa shape index (κ3) is 10.2. The Morgan fingerprint density at radius 2 is 1.70 bits per heavy atom. The van der Waals surface area contributed by atoms with Gasteiger partial charge in [-0.15, -0.1) is 0 Å². The van der Waals surface area contributed by atoms with Crippen LogP contribution >= 0.6 is 0 Å². The molecule has 0 heterocycles. The number of carbonyl (C=O) groups is 1. The second-order valence-corrected chi connectivity index (χ2v) is 6.78. The molecule has 1 atom stereocenters. The molecular weight excluding hydrogens is 272 g/mol. The molecule has 1 unspecified atom stereocenters. The van der Waals surface area contributed by atoms with Crippen LogP contribution in [0.2, 0.25) is 6.04 Å². The molecule has 0 radical (unpaired) electrons. The van der Waals surface area contributed by atoms with Gasteiger partial charge in [-0.25, -0.2) is 4.79 Å². The van der Waals surface area contributed by atoms with Gasteiger partial charge in [0.25, 0.3) is 0 Å². The second-order valence-electron chi connectivity index (χ2n) is 4.79. The zero-order chi connectivity index (χ0) is 15.2. The molecule has 0 spiro atoms. The molecule has 0 aliphatic rings. The van der Waals surface area contributed by atoms with Crippen molar-refractivity contribution < 1.29 is 18.4 Å². The summed E-state index contributed by atoms with van der Waals surface area (Å²) in [5.74, 6) is -0.369. The van der Waals surface area contributed by atoms with Crippen LogP contribution in [0.4, 0.5) is 0 Å². The van der Waals surface area contributed by atoms with Gasteiger partial charge >= 0.3 is 15.3 Å². The minimum absolute atomic E-state index is 0.125. The van der Waals surface area contributed by atoms with E-state index >= 15 is 0 Å². The normalized spacial score (nSPS) is 12.4. The second kappa shape index (κ2) is 13.3. The van der Waals surface area contributed by atoms with Gasteiger partial charge < -0.3 is 13.6 Å². The summed E-state index contributed by atoms with van der Waals surface area (Å²) in [7, 11) is -1.75. The molecule has 0 fully saturated rings. The summed E-state index contributed by atoms with van der Waals surface area (Å²) in [5, 5.41) is 0. The highest BCUT2D eigenvalue weighted by molar-refractivity contribution is 6.44. The number of hydrogen-bond donors (Lipinski definition) is 0. The molecule has 5 heteroatoms. The van der Waals surface area contributed by atoms with Gasteiger partial charge in [-0.1, -0.05) is 40.2 Å². The molecule has 0 aliphatic heterocycles. The first kappa shape index (κ1) is 19.3. The van der Waals surface area contributed by atoms with Crippen LogP contribution in [0, 0.1) is 0 Å². The molecule has 0 aromatic rings. The standard InChI is InChI=1S/C15H30O4Si/c1-5-9-11-17-20(18-12-10-6-2)13-14(7-3)19-15(16)8-4/h8,14,20H,4-7,9-13H2,1-3H3. The van der Waals surface area contributed by atoms with E-state index in [-0.39, 0.29) is 12.1 Å². The van der Waals surface area contributed by atoms with Gasteiger partial charge in [-0.3, -0.25) is 0 Å². The van der Waals surface area contributed by atoms with Gasteiger partial charge in [0.2, 0.25) is 0 Å². The highest BCUT2D eigenvalue weighted by Crippen LogP contribution is 2.12. The molecule has 0 bridgehead atoms. The van der Waals surface area contributed by atoms with E-state index in [1.807, 2.05) is 6.92 Å². The minimum atomic E-state index is -1.75. The lowest BCUT2D eigenvalue weighted by Gasteiger charge is -2.21. The molecule has 0 saturated carbocycles. The lowest BCUT2D eigenvalue weighted by molar-refractivity contribution is -0.142. The number of hydrogen-bond acceptors (Lipinski definition) is 4. The Morgan fingerprint density at radius 3 is 2.10 bits per heavy atom. The molecule has 0 N–H and O–H groups in total. The smallest absolute Gasteiger partial charge is 0.330 e. The van der Waals surface area contributed by atoms with Crippen LogP contribution in [0.25, 0.3) is 0 Å². The molecule has 4 nitrogen and oxygen atoms in total. The van der Waals surface area contributed by atoms with Gasteiger partial charge in [0.05, 0.1) is 0 Å². The Hall–Kier alpha value is -0.653. The van der Waals surface area contributed by atoms with Crippen LogP contribution in [0.15, 0.2) is 12.7 Å². The average Bonchev–Trinajstić information content (AvgIpc) is 2.46. The third-order valence-corrected chi connectivity index (χ3v) is 5.09. The summed E-state index contributed by atoms with van der Waals surface area (Å²) in [5.41, 5.74) is 0. The summed E-state index contributed by atoms with van der Waals surface area (Å²) < 4.78 is 17.1. The Kier molecular flexibility index (Phi) is 12.9. The maximum atomic E-state index is 11.3. The van der Waals surface area contributed by atoms with Gasteiger partial charge in [0.15, 0.2) is 0 Å². The van der Waals surface area contributed by atoms with Crippen LogP contribution < -0.4 is 0 Å². The predicted molar refractivity (Wildman–Crippen MR) is 84.0 cm³/mol. The highest BCUT2D eigenvalue weighted by atomic mass is 28.3. The molecule has 0 aromatic heterocycles. The SMILES string of the molecule is C=CC(=O)OC(CC)C[SiH](OCCCC)OCCCC. The number of esters is 1. The van der Waals surface area contributed by atoms with E-state index < -0.39 is 9.28 Å². The van der Waals surface area contributed by atoms with Crippen molar-refractivity contribution in [2.24, 2.45) is 0 Å². The number of rotatable bonds is 13. The zero-order valence-electron chi connectivity index (χ0n) is 13.2. The first-order chi connectivity index (χ1) is 9.67. The van der Waals surface area contributed by atoms with Crippen molar-refractivity contribution in [3.05, 3.63) is 12.7 Å². The first-order valence-electron chi connectivity index (χ1n) is 7.74. The predicted octanol–water partition coefficient (Wildman–Crippen LogP) is 3.35. The summed E-state index contributed by atoms with van der Waals surface area (Å²) in [6, 6.07) is 0.712. The van der Waals surface area contributed by atoms with E-state index in [9.17, 15) is 4.79 Å². The van der Waals surface area contributed by atoms with E-state index in [2.05, 4.69) is 20.4 Å². The summed E-state index contributed by atoms with van der Waals surface area (Å²) in [4.78, 5) is 11.3. The molecule has 0 rings (SSSR count). The summed E-state index contributed by atoms with van der Waals surface area (Å²) in [6.07, 6.45) is 6.16. The van der Waals surface area contributed by atoms with Crippen molar-refractivity contribution >= 4 is 15.3 Å². The van der Waals surface area contributed by atoms with Crippen molar-refractivity contribution in [3.63, 3.8) is 0 Å². The lowest BCUT2D eigenvalue weighted by Crippen LogP contribution is -2.31. The van der Waals surface area contributed by atoms with E-state index in [0.29, 0.717) is 6.04 Å². The fourth-order valence-electron chi connectivity index (χ4n) is 1.63. The Bertz CT molecular complexity index is 248. The molecule has 0 aliphatic carbocycles. The van der Waals surface area contributed by atoms with E-state index in [4.69, 9.17) is 13.6 Å². The van der Waals surface area contributed by atoms with Crippen LogP contribution in [-0.2, 0) is 18.4 Å². The quantitative estimate of drug-likeness (QED) is 0.226. The van der Waals surface area contributed by atoms with Crippen LogP contribution in [0.1, 0.15) is 52.9 Å². The van der Waals surface area contributed by atoms with E-state index in [1.54, 1.807) is 0 Å². The number of carbonyl (C=O) groups excluding carboxylic acids is 1.